The molecule has 0 amide bonds. The first-order valence-corrected chi connectivity index (χ1v) is 25.2. The van der Waals surface area contributed by atoms with E-state index in [1.54, 1.807) is 0 Å². The molecule has 1 aromatic heterocycles. The number of para-hydroxylation sites is 1. The Morgan fingerprint density at radius 3 is 1.37 bits per heavy atom. The molecule has 0 spiro atoms. The molecule has 14 rings (SSSR count). The minimum Gasteiger partial charge on any atom is -0.311 e. The van der Waals surface area contributed by atoms with Gasteiger partial charge in [0.2, 0.25) is 0 Å². The lowest BCUT2D eigenvalue weighted by Crippen LogP contribution is -2.28. The molecule has 0 unspecified atom stereocenters. The Kier molecular flexibility index (Phi) is 10.1. The van der Waals surface area contributed by atoms with E-state index in [-0.39, 0.29) is 0 Å². The topological polar surface area (TPSA) is 8.17 Å². The normalized spacial score (nSPS) is 12.5. The molecule has 1 aliphatic rings. The Morgan fingerprint density at radius 2 is 0.726 bits per heavy atom. The van der Waals surface area contributed by atoms with Gasteiger partial charge in [0.25, 0.3) is 0 Å². The Hall–Kier alpha value is -9.50. The van der Waals surface area contributed by atoms with Crippen LogP contribution in [0.5, 0.6) is 0 Å². The van der Waals surface area contributed by atoms with Crippen LogP contribution in [0.15, 0.2) is 291 Å². The monoisotopic (exact) mass is 928 g/mol. The maximum atomic E-state index is 2.49. The van der Waals surface area contributed by atoms with E-state index in [1.807, 2.05) is 0 Å². The summed E-state index contributed by atoms with van der Waals surface area (Å²) in [5.41, 5.74) is 21.2. The summed E-state index contributed by atoms with van der Waals surface area (Å²) in [6.45, 7) is 0. The second-order valence-corrected chi connectivity index (χ2v) is 19.2. The van der Waals surface area contributed by atoms with Crippen LogP contribution >= 0.6 is 0 Å². The highest BCUT2D eigenvalue weighted by molar-refractivity contribution is 6.11. The van der Waals surface area contributed by atoms with Crippen molar-refractivity contribution in [3.8, 4) is 50.2 Å². The molecule has 73 heavy (non-hydrogen) atoms. The lowest BCUT2D eigenvalue weighted by Gasteiger charge is -2.34. The minimum absolute atomic E-state index is 0.499. The molecule has 1 heterocycles. The third-order valence-corrected chi connectivity index (χ3v) is 15.3. The van der Waals surface area contributed by atoms with Gasteiger partial charge < -0.3 is 9.47 Å². The number of rotatable bonds is 9. The van der Waals surface area contributed by atoms with Gasteiger partial charge in [-0.25, -0.2) is 0 Å². The van der Waals surface area contributed by atoms with Gasteiger partial charge in [-0.05, 0) is 150 Å². The summed E-state index contributed by atoms with van der Waals surface area (Å²) < 4.78 is 2.43. The highest BCUT2D eigenvalue weighted by atomic mass is 15.1. The zero-order chi connectivity index (χ0) is 48.3. The van der Waals surface area contributed by atoms with Crippen molar-refractivity contribution < 1.29 is 0 Å². The summed E-state index contributed by atoms with van der Waals surface area (Å²) in [6.07, 6.45) is 0. The molecular formula is C71H48N2. The summed E-state index contributed by atoms with van der Waals surface area (Å²) >= 11 is 0. The molecular weight excluding hydrogens is 881 g/mol. The molecule has 12 aromatic carbocycles. The second kappa shape index (κ2) is 17.4. The average molecular weight is 929 g/mol. The smallest absolute Gasteiger partial charge is 0.0713 e. The van der Waals surface area contributed by atoms with E-state index in [0.717, 1.165) is 28.3 Å². The fraction of sp³-hybridized carbons (Fsp3) is 0.0141. The molecule has 0 saturated heterocycles. The predicted octanol–water partition coefficient (Wildman–Crippen LogP) is 18.8. The van der Waals surface area contributed by atoms with Crippen molar-refractivity contribution in [1.82, 2.24) is 4.57 Å². The number of fused-ring (bicyclic) bond motifs is 7. The van der Waals surface area contributed by atoms with Crippen LogP contribution < -0.4 is 4.90 Å². The number of aromatic nitrogens is 1. The number of hydrogen-bond acceptors (Lipinski definition) is 1. The number of benzene rings is 12. The third kappa shape index (κ3) is 6.94. The Bertz CT molecular complexity index is 4100. The molecule has 342 valence electrons. The van der Waals surface area contributed by atoms with Crippen LogP contribution in [0.4, 0.5) is 17.1 Å². The molecule has 0 bridgehead atoms. The molecule has 0 fully saturated rings. The number of hydrogen-bond donors (Lipinski definition) is 0. The lowest BCUT2D eigenvalue weighted by atomic mass is 9.67. The van der Waals surface area contributed by atoms with Crippen molar-refractivity contribution in [2.45, 2.75) is 5.41 Å². The fourth-order valence-corrected chi connectivity index (χ4v) is 12.0. The van der Waals surface area contributed by atoms with E-state index in [4.69, 9.17) is 0 Å². The van der Waals surface area contributed by atoms with Gasteiger partial charge in [0.1, 0.15) is 0 Å². The Balaban J connectivity index is 0.900. The fourth-order valence-electron chi connectivity index (χ4n) is 12.0. The van der Waals surface area contributed by atoms with Crippen LogP contribution in [0.1, 0.15) is 22.3 Å². The van der Waals surface area contributed by atoms with Crippen molar-refractivity contribution in [3.63, 3.8) is 0 Å². The summed E-state index contributed by atoms with van der Waals surface area (Å²) in [4.78, 5) is 2.37. The van der Waals surface area contributed by atoms with Crippen molar-refractivity contribution in [2.75, 3.05) is 4.90 Å². The largest absolute Gasteiger partial charge is 0.311 e. The van der Waals surface area contributed by atoms with Crippen LogP contribution in [-0.2, 0) is 5.41 Å². The highest BCUT2D eigenvalue weighted by Gasteiger charge is 2.46. The highest BCUT2D eigenvalue weighted by Crippen LogP contribution is 2.56. The van der Waals surface area contributed by atoms with E-state index in [2.05, 4.69) is 301 Å². The number of anilines is 3. The van der Waals surface area contributed by atoms with Crippen LogP contribution in [0, 0.1) is 0 Å². The van der Waals surface area contributed by atoms with Crippen LogP contribution in [0.2, 0.25) is 0 Å². The quantitative estimate of drug-likeness (QED) is 0.140. The minimum atomic E-state index is -0.499. The Morgan fingerprint density at radius 1 is 0.274 bits per heavy atom. The van der Waals surface area contributed by atoms with E-state index in [9.17, 15) is 0 Å². The Labute approximate surface area is 426 Å². The van der Waals surface area contributed by atoms with Crippen LogP contribution in [0.25, 0.3) is 82.8 Å². The average Bonchev–Trinajstić information content (AvgIpc) is 3.97. The van der Waals surface area contributed by atoms with Gasteiger partial charge in [-0.2, -0.15) is 0 Å². The SMILES string of the molecule is c1ccc(-c2ccc(N(c3ccc(-c4ccc5c(c4)c4cc(C6(c7ccccc7)c7ccccc7-c7ccccc76)ccc4n5-c4ccccc4)cc3)c3ccc(-c4cccc5ccccc45)cc3)cc2)cc1. The second-order valence-electron chi connectivity index (χ2n) is 19.2. The van der Waals surface area contributed by atoms with Gasteiger partial charge in [0, 0.05) is 33.5 Å². The molecule has 2 heteroatoms. The van der Waals surface area contributed by atoms with Crippen molar-refractivity contribution in [1.29, 1.82) is 0 Å². The summed E-state index contributed by atoms with van der Waals surface area (Å²) in [5, 5.41) is 4.94. The van der Waals surface area contributed by atoms with Gasteiger partial charge >= 0.3 is 0 Å². The maximum absolute atomic E-state index is 2.49. The van der Waals surface area contributed by atoms with Gasteiger partial charge in [-0.1, -0.05) is 218 Å². The summed E-state index contributed by atoms with van der Waals surface area (Å²) in [6, 6.07) is 107. The summed E-state index contributed by atoms with van der Waals surface area (Å²) in [7, 11) is 0. The molecule has 1 aliphatic carbocycles. The standard InChI is InChI=1S/C71H48N2/c1-4-17-49(18-5-1)50-31-39-58(40-32-50)72(60-43-35-53(36-44-60)62-28-16-20-52-19-10-11-25-61(52)62)59-41-33-51(34-42-59)54-37-45-69-65(47-54)66-48-56(38-46-70(66)73(69)57-23-8-3-9-24-57)71(55-21-6-2-7-22-55)67-29-14-12-26-63(67)64-27-13-15-30-68(64)71/h1-48H. The molecule has 0 atom stereocenters. The van der Waals surface area contributed by atoms with Crippen molar-refractivity contribution >= 4 is 49.6 Å². The van der Waals surface area contributed by atoms with E-state index >= 15 is 0 Å². The van der Waals surface area contributed by atoms with Gasteiger partial charge in [0.05, 0.1) is 16.4 Å². The first kappa shape index (κ1) is 42.4. The molecule has 0 aliphatic heterocycles. The van der Waals surface area contributed by atoms with Crippen molar-refractivity contribution in [3.05, 3.63) is 313 Å². The predicted molar refractivity (Wildman–Crippen MR) is 307 cm³/mol. The lowest BCUT2D eigenvalue weighted by molar-refractivity contribution is 0.770. The third-order valence-electron chi connectivity index (χ3n) is 15.3. The number of nitrogens with zero attached hydrogens (tertiary/aromatic N) is 2. The first-order valence-electron chi connectivity index (χ1n) is 25.2. The zero-order valence-corrected chi connectivity index (χ0v) is 40.1. The zero-order valence-electron chi connectivity index (χ0n) is 40.1. The molecule has 0 N–H and O–H groups in total. The van der Waals surface area contributed by atoms with Crippen LogP contribution in [0.3, 0.4) is 0 Å². The van der Waals surface area contributed by atoms with Gasteiger partial charge in [-0.15, -0.1) is 0 Å². The van der Waals surface area contributed by atoms with Gasteiger partial charge in [0.15, 0.2) is 0 Å². The van der Waals surface area contributed by atoms with Crippen LogP contribution in [-0.4, -0.2) is 4.57 Å². The molecule has 0 radical (unpaired) electrons. The summed E-state index contributed by atoms with van der Waals surface area (Å²) in [5.74, 6) is 0. The molecule has 0 saturated carbocycles. The maximum Gasteiger partial charge on any atom is 0.0713 e. The van der Waals surface area contributed by atoms with Gasteiger partial charge in [-0.3, -0.25) is 0 Å². The van der Waals surface area contributed by atoms with E-state index in [0.29, 0.717) is 0 Å². The molecule has 2 nitrogen and oxygen atoms in total. The van der Waals surface area contributed by atoms with Crippen molar-refractivity contribution in [2.24, 2.45) is 0 Å². The van der Waals surface area contributed by atoms with E-state index in [1.165, 1.54) is 93.8 Å². The molecule has 13 aromatic rings. The first-order chi connectivity index (χ1) is 36.2. The van der Waals surface area contributed by atoms with E-state index < -0.39 is 5.41 Å².